The highest BCUT2D eigenvalue weighted by Crippen LogP contribution is 2.39. The van der Waals surface area contributed by atoms with E-state index in [9.17, 15) is 0 Å². The lowest BCUT2D eigenvalue weighted by Crippen LogP contribution is -2.21. The van der Waals surface area contributed by atoms with Crippen molar-refractivity contribution in [3.05, 3.63) is 20.8 Å². The smallest absolute Gasteiger partial charge is 0.0934 e. The Morgan fingerprint density at radius 3 is 3.11 bits per heavy atom. The number of hydrogen-bond acceptors (Lipinski definition) is 3. The Bertz CT molecular complexity index is 402. The molecular formula is C14H20ClNOS. The van der Waals surface area contributed by atoms with Crippen LogP contribution in [0.25, 0.3) is 0 Å². The number of halogens is 1. The van der Waals surface area contributed by atoms with Crippen LogP contribution in [0.3, 0.4) is 0 Å². The molecule has 1 atom stereocenters. The maximum absolute atomic E-state index is 6.05. The van der Waals surface area contributed by atoms with E-state index in [1.807, 2.05) is 0 Å². The molecule has 0 amide bonds. The Kier molecular flexibility index (Phi) is 4.24. The number of ether oxygens (including phenoxy) is 1. The minimum atomic E-state index is 0.521. The molecule has 0 aliphatic heterocycles. The third-order valence-electron chi connectivity index (χ3n) is 3.75. The monoisotopic (exact) mass is 285 g/mol. The van der Waals surface area contributed by atoms with Gasteiger partial charge < -0.3 is 10.1 Å². The molecule has 18 heavy (non-hydrogen) atoms. The van der Waals surface area contributed by atoms with Crippen LogP contribution in [-0.2, 0) is 11.2 Å². The number of hydrogen-bond donors (Lipinski definition) is 1. The minimum Gasteiger partial charge on any atom is -0.381 e. The number of nitrogens with one attached hydrogen (secondary N) is 1. The first kappa shape index (κ1) is 12.9. The number of thiophene rings is 1. The molecule has 2 nitrogen and oxygen atoms in total. The summed E-state index contributed by atoms with van der Waals surface area (Å²) in [7, 11) is 0. The topological polar surface area (TPSA) is 21.3 Å². The number of rotatable bonds is 7. The standard InChI is InChI=1S/C14H20ClNOS/c15-14-8-11-12(4-5-13(11)18-14)16-6-1-7-17-9-10-2-3-10/h8,10,12,16H,1-7,9H2. The predicted molar refractivity (Wildman–Crippen MR) is 76.6 cm³/mol. The Labute approximate surface area is 118 Å². The van der Waals surface area contributed by atoms with Crippen molar-refractivity contribution < 1.29 is 4.74 Å². The highest BCUT2D eigenvalue weighted by Gasteiger charge is 2.24. The summed E-state index contributed by atoms with van der Waals surface area (Å²) in [6.07, 6.45) is 6.27. The van der Waals surface area contributed by atoms with Crippen molar-refractivity contribution in [2.45, 2.75) is 38.1 Å². The van der Waals surface area contributed by atoms with Crippen LogP contribution in [-0.4, -0.2) is 19.8 Å². The summed E-state index contributed by atoms with van der Waals surface area (Å²) in [5, 5.41) is 3.62. The molecule has 2 aliphatic rings. The van der Waals surface area contributed by atoms with Gasteiger partial charge in [0.05, 0.1) is 4.34 Å². The van der Waals surface area contributed by atoms with E-state index in [0.29, 0.717) is 6.04 Å². The van der Waals surface area contributed by atoms with Gasteiger partial charge >= 0.3 is 0 Å². The third kappa shape index (κ3) is 3.27. The molecule has 3 rings (SSSR count). The molecule has 0 radical (unpaired) electrons. The summed E-state index contributed by atoms with van der Waals surface area (Å²) < 4.78 is 6.57. The SMILES string of the molecule is Clc1cc2c(s1)CCC2NCCCOCC1CC1. The Morgan fingerprint density at radius 1 is 1.39 bits per heavy atom. The lowest BCUT2D eigenvalue weighted by Gasteiger charge is -2.12. The Morgan fingerprint density at radius 2 is 2.28 bits per heavy atom. The van der Waals surface area contributed by atoms with Crippen molar-refractivity contribution in [2.75, 3.05) is 19.8 Å². The quantitative estimate of drug-likeness (QED) is 0.770. The second-order valence-corrected chi connectivity index (χ2v) is 7.11. The van der Waals surface area contributed by atoms with Gasteiger partial charge in [0.1, 0.15) is 0 Å². The first-order valence-electron chi connectivity index (χ1n) is 6.92. The molecule has 4 heteroatoms. The molecule has 0 spiro atoms. The largest absolute Gasteiger partial charge is 0.381 e. The van der Waals surface area contributed by atoms with E-state index in [1.165, 1.54) is 36.1 Å². The van der Waals surface area contributed by atoms with Gasteiger partial charge in [0.15, 0.2) is 0 Å². The zero-order valence-electron chi connectivity index (χ0n) is 10.6. The van der Waals surface area contributed by atoms with Gasteiger partial charge in [-0.2, -0.15) is 0 Å². The van der Waals surface area contributed by atoms with E-state index in [4.69, 9.17) is 16.3 Å². The fourth-order valence-electron chi connectivity index (χ4n) is 2.53. The van der Waals surface area contributed by atoms with E-state index in [-0.39, 0.29) is 0 Å². The molecule has 1 saturated carbocycles. The van der Waals surface area contributed by atoms with Gasteiger partial charge in [0.25, 0.3) is 0 Å². The fraction of sp³-hybridized carbons (Fsp3) is 0.714. The summed E-state index contributed by atoms with van der Waals surface area (Å²) >= 11 is 7.79. The summed E-state index contributed by atoms with van der Waals surface area (Å²) in [6, 6.07) is 2.66. The van der Waals surface area contributed by atoms with Crippen molar-refractivity contribution in [3.8, 4) is 0 Å². The molecule has 1 heterocycles. The zero-order valence-corrected chi connectivity index (χ0v) is 12.2. The second kappa shape index (κ2) is 5.91. The van der Waals surface area contributed by atoms with Crippen LogP contribution in [0.15, 0.2) is 6.07 Å². The Hall–Kier alpha value is -0.0900. The molecule has 1 aromatic rings. The van der Waals surface area contributed by atoms with E-state index < -0.39 is 0 Å². The second-order valence-electron chi connectivity index (χ2n) is 5.35. The number of fused-ring (bicyclic) bond motifs is 1. The van der Waals surface area contributed by atoms with Crippen LogP contribution in [0.5, 0.6) is 0 Å². The van der Waals surface area contributed by atoms with Crippen molar-refractivity contribution in [1.29, 1.82) is 0 Å². The third-order valence-corrected chi connectivity index (χ3v) is 5.09. The van der Waals surface area contributed by atoms with E-state index >= 15 is 0 Å². The molecular weight excluding hydrogens is 266 g/mol. The summed E-state index contributed by atoms with van der Waals surface area (Å²) in [5.41, 5.74) is 1.43. The highest BCUT2D eigenvalue weighted by atomic mass is 35.5. The van der Waals surface area contributed by atoms with Gasteiger partial charge in [-0.05, 0) is 56.2 Å². The van der Waals surface area contributed by atoms with E-state index in [2.05, 4.69) is 11.4 Å². The van der Waals surface area contributed by atoms with Crippen LogP contribution in [0, 0.1) is 5.92 Å². The van der Waals surface area contributed by atoms with Crippen LogP contribution in [0.4, 0.5) is 0 Å². The normalized spacial score (nSPS) is 22.4. The lowest BCUT2D eigenvalue weighted by molar-refractivity contribution is 0.121. The fourth-order valence-corrected chi connectivity index (χ4v) is 3.88. The van der Waals surface area contributed by atoms with Gasteiger partial charge in [-0.3, -0.25) is 0 Å². The first-order valence-corrected chi connectivity index (χ1v) is 8.11. The van der Waals surface area contributed by atoms with Crippen LogP contribution < -0.4 is 5.32 Å². The van der Waals surface area contributed by atoms with E-state index in [0.717, 1.165) is 36.4 Å². The van der Waals surface area contributed by atoms with Crippen molar-refractivity contribution in [1.82, 2.24) is 5.32 Å². The van der Waals surface area contributed by atoms with Gasteiger partial charge in [0, 0.05) is 24.1 Å². The summed E-state index contributed by atoms with van der Waals surface area (Å²) in [5.74, 6) is 0.878. The average Bonchev–Trinajstić information content (AvgIpc) is 3.00. The molecule has 1 aromatic heterocycles. The minimum absolute atomic E-state index is 0.521. The Balaban J connectivity index is 1.33. The molecule has 100 valence electrons. The summed E-state index contributed by atoms with van der Waals surface area (Å²) in [4.78, 5) is 1.47. The number of aryl methyl sites for hydroxylation is 1. The van der Waals surface area contributed by atoms with Gasteiger partial charge in [-0.1, -0.05) is 11.6 Å². The van der Waals surface area contributed by atoms with Gasteiger partial charge in [-0.25, -0.2) is 0 Å². The zero-order chi connectivity index (χ0) is 12.4. The van der Waals surface area contributed by atoms with Crippen molar-refractivity contribution in [3.63, 3.8) is 0 Å². The van der Waals surface area contributed by atoms with E-state index in [1.54, 1.807) is 11.3 Å². The predicted octanol–water partition coefficient (Wildman–Crippen LogP) is 3.80. The van der Waals surface area contributed by atoms with Crippen LogP contribution >= 0.6 is 22.9 Å². The molecule has 1 N–H and O–H groups in total. The first-order chi connectivity index (χ1) is 8.83. The molecule has 0 aromatic carbocycles. The molecule has 1 unspecified atom stereocenters. The molecule has 0 bridgehead atoms. The van der Waals surface area contributed by atoms with Crippen LogP contribution in [0.1, 0.15) is 42.2 Å². The molecule has 0 saturated heterocycles. The molecule has 2 aliphatic carbocycles. The summed E-state index contributed by atoms with van der Waals surface area (Å²) in [6.45, 7) is 2.92. The van der Waals surface area contributed by atoms with Gasteiger partial charge in [0.2, 0.25) is 0 Å². The maximum Gasteiger partial charge on any atom is 0.0934 e. The van der Waals surface area contributed by atoms with Gasteiger partial charge in [-0.15, -0.1) is 11.3 Å². The lowest BCUT2D eigenvalue weighted by atomic mass is 10.2. The highest BCUT2D eigenvalue weighted by molar-refractivity contribution is 7.16. The average molecular weight is 286 g/mol. The maximum atomic E-state index is 6.05. The van der Waals surface area contributed by atoms with Crippen molar-refractivity contribution >= 4 is 22.9 Å². The molecule has 1 fully saturated rings. The van der Waals surface area contributed by atoms with Crippen LogP contribution in [0.2, 0.25) is 4.34 Å². The van der Waals surface area contributed by atoms with Crippen molar-refractivity contribution in [2.24, 2.45) is 5.92 Å².